The number of benzene rings is 4. The Balaban J connectivity index is 1.45. The van der Waals surface area contributed by atoms with E-state index in [1.54, 1.807) is 60.8 Å². The van der Waals surface area contributed by atoms with Crippen LogP contribution >= 0.6 is 15.9 Å². The molecule has 0 unspecified atom stereocenters. The molecule has 1 N–H and O–H groups in total. The Morgan fingerprint density at radius 3 is 2.26 bits per heavy atom. The van der Waals surface area contributed by atoms with Gasteiger partial charge in [0.1, 0.15) is 0 Å². The number of para-hydroxylation sites is 1. The molecule has 4 aromatic carbocycles. The van der Waals surface area contributed by atoms with Crippen LogP contribution in [0.15, 0.2) is 130 Å². The van der Waals surface area contributed by atoms with Gasteiger partial charge in [-0.15, -0.1) is 0 Å². The van der Waals surface area contributed by atoms with Gasteiger partial charge in [0.15, 0.2) is 0 Å². The fourth-order valence-electron chi connectivity index (χ4n) is 4.80. The molecule has 0 spiro atoms. The largest absolute Gasteiger partial charge is 0.318 e. The highest BCUT2D eigenvalue weighted by molar-refractivity contribution is 9.10. The number of anilines is 1. The van der Waals surface area contributed by atoms with E-state index in [0.717, 1.165) is 32.7 Å². The lowest BCUT2D eigenvalue weighted by Gasteiger charge is -2.26. The van der Waals surface area contributed by atoms with Crippen molar-refractivity contribution >= 4 is 43.8 Å². The third kappa shape index (κ3) is 6.22. The predicted octanol–water partition coefficient (Wildman–Crippen LogP) is 7.02. The van der Waals surface area contributed by atoms with E-state index in [2.05, 4.69) is 31.0 Å². The molecule has 0 radical (unpaired) electrons. The minimum atomic E-state index is -4.00. The van der Waals surface area contributed by atoms with Crippen LogP contribution in [0.25, 0.3) is 5.69 Å². The number of hydrogen-bond donors (Lipinski definition) is 1. The van der Waals surface area contributed by atoms with Crippen molar-refractivity contribution in [1.29, 1.82) is 0 Å². The second-order valence-corrected chi connectivity index (χ2v) is 12.4. The minimum absolute atomic E-state index is 0.0488. The van der Waals surface area contributed by atoms with E-state index < -0.39 is 15.9 Å². The van der Waals surface area contributed by atoms with Crippen LogP contribution in [0.5, 0.6) is 0 Å². The first-order valence-corrected chi connectivity index (χ1v) is 15.5. The van der Waals surface area contributed by atoms with Crippen LogP contribution in [0.4, 0.5) is 5.69 Å². The molecule has 0 aliphatic rings. The molecule has 0 saturated heterocycles. The number of carbonyl (C=O) groups excluding carboxylic acids is 1. The fraction of sp³-hybridized carbons (Fsp3) is 0.0909. The number of amides is 1. The lowest BCUT2D eigenvalue weighted by atomic mass is 10.1. The van der Waals surface area contributed by atoms with Gasteiger partial charge in [0.25, 0.3) is 15.9 Å². The predicted molar refractivity (Wildman–Crippen MR) is 171 cm³/mol. The number of nitrogens with zero attached hydrogens (tertiary/aromatic N) is 3. The van der Waals surface area contributed by atoms with E-state index in [1.807, 2.05) is 74.5 Å². The Morgan fingerprint density at radius 2 is 1.55 bits per heavy atom. The van der Waals surface area contributed by atoms with Crippen molar-refractivity contribution in [2.24, 2.45) is 5.10 Å². The number of hydrogen-bond acceptors (Lipinski definition) is 4. The van der Waals surface area contributed by atoms with Gasteiger partial charge in [-0.1, -0.05) is 82.7 Å². The average Bonchev–Trinajstić information content (AvgIpc) is 3.29. The summed E-state index contributed by atoms with van der Waals surface area (Å²) in [6.07, 6.45) is 1.60. The van der Waals surface area contributed by atoms with E-state index in [1.165, 1.54) is 4.31 Å². The first-order chi connectivity index (χ1) is 20.3. The summed E-state index contributed by atoms with van der Waals surface area (Å²) in [6.45, 7) is 4.05. The van der Waals surface area contributed by atoms with Crippen molar-refractivity contribution in [2.75, 3.05) is 4.31 Å². The van der Waals surface area contributed by atoms with Crippen LogP contribution in [0, 0.1) is 13.8 Å². The smallest absolute Gasteiger partial charge is 0.273 e. The molecular weight excluding hydrogens is 612 g/mol. The van der Waals surface area contributed by atoms with Gasteiger partial charge in [0.2, 0.25) is 0 Å². The maximum Gasteiger partial charge on any atom is 0.273 e. The first-order valence-electron chi connectivity index (χ1n) is 13.2. The van der Waals surface area contributed by atoms with Gasteiger partial charge in [-0.05, 0) is 67.9 Å². The van der Waals surface area contributed by atoms with E-state index >= 15 is 0 Å². The lowest BCUT2D eigenvalue weighted by molar-refractivity contribution is 0.0955. The average molecular weight is 642 g/mol. The molecule has 1 aromatic heterocycles. The van der Waals surface area contributed by atoms with E-state index in [9.17, 15) is 13.2 Å². The molecule has 0 fully saturated rings. The Morgan fingerprint density at radius 1 is 0.881 bits per heavy atom. The number of sulfonamides is 1. The normalized spacial score (nSPS) is 11.5. The number of nitrogens with one attached hydrogen (secondary N) is 1. The highest BCUT2D eigenvalue weighted by Crippen LogP contribution is 2.29. The van der Waals surface area contributed by atoms with Crippen molar-refractivity contribution in [2.45, 2.75) is 25.3 Å². The summed E-state index contributed by atoms with van der Waals surface area (Å²) in [6, 6.07) is 34.1. The van der Waals surface area contributed by atoms with Crippen molar-refractivity contribution in [3.05, 3.63) is 148 Å². The molecule has 0 aliphatic heterocycles. The van der Waals surface area contributed by atoms with Gasteiger partial charge in [-0.3, -0.25) is 9.10 Å². The number of halogens is 1. The Labute approximate surface area is 254 Å². The van der Waals surface area contributed by atoms with E-state index in [4.69, 9.17) is 0 Å². The topological polar surface area (TPSA) is 83.8 Å². The summed E-state index contributed by atoms with van der Waals surface area (Å²) in [4.78, 5) is 13.6. The molecule has 42 heavy (non-hydrogen) atoms. The van der Waals surface area contributed by atoms with Crippen LogP contribution in [0.2, 0.25) is 0 Å². The highest BCUT2D eigenvalue weighted by Gasteiger charge is 2.28. The van der Waals surface area contributed by atoms with Gasteiger partial charge in [-0.2, -0.15) is 5.10 Å². The SMILES string of the molecule is Cc1cc(/C=N/NC(=O)c2ccccc2N(Cc2ccccc2)S(=O)(=O)c2ccccc2)c(C)n1-c1cccc(Br)c1. The number of hydrazone groups is 1. The molecule has 212 valence electrons. The van der Waals surface area contributed by atoms with E-state index in [0.29, 0.717) is 0 Å². The van der Waals surface area contributed by atoms with Gasteiger partial charge in [0, 0.05) is 27.1 Å². The van der Waals surface area contributed by atoms with Crippen LogP contribution < -0.4 is 9.73 Å². The first kappa shape index (κ1) is 29.0. The summed E-state index contributed by atoms with van der Waals surface area (Å²) >= 11 is 3.53. The van der Waals surface area contributed by atoms with Gasteiger partial charge < -0.3 is 4.57 Å². The molecule has 0 bridgehead atoms. The molecule has 5 aromatic rings. The molecule has 1 amide bonds. The summed E-state index contributed by atoms with van der Waals surface area (Å²) in [7, 11) is -4.00. The molecule has 7 nitrogen and oxygen atoms in total. The lowest BCUT2D eigenvalue weighted by Crippen LogP contribution is -2.33. The van der Waals surface area contributed by atoms with Gasteiger partial charge in [0.05, 0.1) is 28.9 Å². The quantitative estimate of drug-likeness (QED) is 0.139. The fourth-order valence-corrected chi connectivity index (χ4v) is 6.68. The van der Waals surface area contributed by atoms with Crippen LogP contribution in [0.3, 0.4) is 0 Å². The Kier molecular flexibility index (Phi) is 8.70. The zero-order chi connectivity index (χ0) is 29.7. The third-order valence-electron chi connectivity index (χ3n) is 6.82. The van der Waals surface area contributed by atoms with Crippen molar-refractivity contribution in [1.82, 2.24) is 9.99 Å². The van der Waals surface area contributed by atoms with Crippen molar-refractivity contribution < 1.29 is 13.2 Å². The molecule has 1 heterocycles. The summed E-state index contributed by atoms with van der Waals surface area (Å²) in [5.41, 5.74) is 7.66. The van der Waals surface area contributed by atoms with Crippen molar-refractivity contribution in [3.63, 3.8) is 0 Å². The summed E-state index contributed by atoms with van der Waals surface area (Å²) in [5, 5.41) is 4.23. The second kappa shape index (κ2) is 12.6. The Bertz CT molecular complexity index is 1850. The standard InChI is InChI=1S/C33H29BrN4O3S/c1-24-20-27(25(2)38(24)29-15-11-14-28(34)21-29)22-35-36-33(39)31-18-9-10-19-32(31)37(23-26-12-5-3-6-13-26)42(40,41)30-16-7-4-8-17-30/h3-22H,23H2,1-2H3,(H,36,39)/b35-22+. The van der Waals surface area contributed by atoms with Crippen LogP contribution in [-0.2, 0) is 16.6 Å². The number of aryl methyl sites for hydroxylation is 1. The number of rotatable bonds is 9. The van der Waals surface area contributed by atoms with E-state index in [-0.39, 0.29) is 22.7 Å². The monoisotopic (exact) mass is 640 g/mol. The molecule has 0 saturated carbocycles. The zero-order valence-corrected chi connectivity index (χ0v) is 25.5. The molecular formula is C33H29BrN4O3S. The molecule has 0 aliphatic carbocycles. The maximum absolute atomic E-state index is 13.9. The summed E-state index contributed by atoms with van der Waals surface area (Å²) in [5.74, 6) is -0.524. The van der Waals surface area contributed by atoms with Gasteiger partial charge in [-0.25, -0.2) is 13.8 Å². The number of aromatic nitrogens is 1. The minimum Gasteiger partial charge on any atom is -0.318 e. The highest BCUT2D eigenvalue weighted by atomic mass is 79.9. The second-order valence-electron chi connectivity index (χ2n) is 9.67. The molecule has 9 heteroatoms. The molecule has 0 atom stereocenters. The van der Waals surface area contributed by atoms with Gasteiger partial charge >= 0.3 is 0 Å². The number of carbonyl (C=O) groups is 1. The maximum atomic E-state index is 13.9. The van der Waals surface area contributed by atoms with Crippen molar-refractivity contribution in [3.8, 4) is 5.69 Å². The summed E-state index contributed by atoms with van der Waals surface area (Å²) < 4.78 is 32.1. The van der Waals surface area contributed by atoms with Crippen LogP contribution in [-0.4, -0.2) is 25.1 Å². The third-order valence-corrected chi connectivity index (χ3v) is 9.09. The Hall–Kier alpha value is -4.47. The van der Waals surface area contributed by atoms with Crippen LogP contribution in [0.1, 0.15) is 32.9 Å². The molecule has 5 rings (SSSR count). The zero-order valence-electron chi connectivity index (χ0n) is 23.1.